The molecule has 6 heteroatoms. The molecular weight excluding hydrogens is 386 g/mol. The highest BCUT2D eigenvalue weighted by atomic mass is 16.3. The summed E-state index contributed by atoms with van der Waals surface area (Å²) in [4.78, 5) is 2.45. The molecule has 1 aliphatic heterocycles. The summed E-state index contributed by atoms with van der Waals surface area (Å²) >= 11 is 0. The highest BCUT2D eigenvalue weighted by molar-refractivity contribution is 5.82. The van der Waals surface area contributed by atoms with Crippen LogP contribution in [0.4, 0.5) is 0 Å². The highest BCUT2D eigenvalue weighted by Crippen LogP contribution is 2.30. The van der Waals surface area contributed by atoms with Gasteiger partial charge in [0.2, 0.25) is 0 Å². The Hall–Kier alpha value is -3.64. The van der Waals surface area contributed by atoms with Crippen LogP contribution in [0.5, 0.6) is 0 Å². The van der Waals surface area contributed by atoms with Gasteiger partial charge in [-0.15, -0.1) is 0 Å². The molecule has 0 aliphatic carbocycles. The summed E-state index contributed by atoms with van der Waals surface area (Å²) in [6, 6.07) is 20.6. The molecule has 0 atom stereocenters. The summed E-state index contributed by atoms with van der Waals surface area (Å²) in [7, 11) is 0. The fraction of sp³-hybridized carbons (Fsp3) is 0.200. The first kappa shape index (κ1) is 18.2. The van der Waals surface area contributed by atoms with Crippen molar-refractivity contribution in [3.05, 3.63) is 95.4 Å². The molecule has 31 heavy (non-hydrogen) atoms. The van der Waals surface area contributed by atoms with Crippen LogP contribution >= 0.6 is 0 Å². The van der Waals surface area contributed by atoms with E-state index >= 15 is 0 Å². The molecule has 154 valence electrons. The van der Waals surface area contributed by atoms with Crippen LogP contribution in [0.1, 0.15) is 22.4 Å². The number of hydrogen-bond acceptors (Lipinski definition) is 4. The molecule has 3 aromatic heterocycles. The third-order valence-electron chi connectivity index (χ3n) is 5.96. The summed E-state index contributed by atoms with van der Waals surface area (Å²) in [6.07, 6.45) is 5.11. The molecule has 1 N–H and O–H groups in total. The number of nitrogens with zero attached hydrogens (tertiary/aromatic N) is 4. The van der Waals surface area contributed by atoms with E-state index in [-0.39, 0.29) is 0 Å². The van der Waals surface area contributed by atoms with Crippen LogP contribution in [-0.4, -0.2) is 31.4 Å². The van der Waals surface area contributed by atoms with Crippen LogP contribution in [-0.2, 0) is 26.1 Å². The average Bonchev–Trinajstić information content (AvgIpc) is 3.52. The second-order valence-corrected chi connectivity index (χ2v) is 8.17. The number of nitrogens with one attached hydrogen (secondary N) is 1. The van der Waals surface area contributed by atoms with Gasteiger partial charge >= 0.3 is 0 Å². The quantitative estimate of drug-likeness (QED) is 0.460. The monoisotopic (exact) mass is 409 g/mol. The van der Waals surface area contributed by atoms with Gasteiger partial charge < -0.3 is 4.42 Å². The van der Waals surface area contributed by atoms with E-state index in [0.29, 0.717) is 0 Å². The van der Waals surface area contributed by atoms with Gasteiger partial charge in [-0.1, -0.05) is 48.5 Å². The highest BCUT2D eigenvalue weighted by Gasteiger charge is 2.22. The topological polar surface area (TPSA) is 62.9 Å². The van der Waals surface area contributed by atoms with Crippen molar-refractivity contribution in [1.82, 2.24) is 24.9 Å². The van der Waals surface area contributed by atoms with E-state index in [4.69, 9.17) is 9.52 Å². The fourth-order valence-electron chi connectivity index (χ4n) is 4.39. The normalized spacial score (nSPS) is 14.2. The molecule has 6 rings (SSSR count). The first-order chi connectivity index (χ1) is 15.3. The first-order valence-corrected chi connectivity index (χ1v) is 10.6. The zero-order valence-corrected chi connectivity index (χ0v) is 17.2. The van der Waals surface area contributed by atoms with Crippen molar-refractivity contribution in [3.63, 3.8) is 0 Å². The summed E-state index contributed by atoms with van der Waals surface area (Å²) in [5, 5.41) is 13.4. The first-order valence-electron chi connectivity index (χ1n) is 10.6. The molecule has 0 spiro atoms. The molecule has 0 saturated heterocycles. The van der Waals surface area contributed by atoms with Gasteiger partial charge in [0, 0.05) is 54.5 Å². The molecular formula is C25H23N5O. The number of hydrogen-bond donors (Lipinski definition) is 1. The lowest BCUT2D eigenvalue weighted by Gasteiger charge is -2.26. The van der Waals surface area contributed by atoms with Gasteiger partial charge in [-0.25, -0.2) is 0 Å². The molecule has 2 aromatic carbocycles. The molecule has 0 fully saturated rings. The second-order valence-electron chi connectivity index (χ2n) is 8.17. The van der Waals surface area contributed by atoms with Crippen LogP contribution < -0.4 is 0 Å². The lowest BCUT2D eigenvalue weighted by Crippen LogP contribution is -2.29. The van der Waals surface area contributed by atoms with Crippen LogP contribution in [0, 0.1) is 0 Å². The van der Waals surface area contributed by atoms with E-state index in [2.05, 4.69) is 57.7 Å². The van der Waals surface area contributed by atoms with E-state index in [1.54, 1.807) is 0 Å². The van der Waals surface area contributed by atoms with Gasteiger partial charge in [0.05, 0.1) is 12.7 Å². The minimum absolute atomic E-state index is 0.736. The molecule has 6 nitrogen and oxygen atoms in total. The minimum atomic E-state index is 0.736. The van der Waals surface area contributed by atoms with Crippen LogP contribution in [0.25, 0.3) is 22.4 Å². The molecule has 1 aliphatic rings. The fourth-order valence-corrected chi connectivity index (χ4v) is 4.39. The predicted molar refractivity (Wildman–Crippen MR) is 119 cm³/mol. The van der Waals surface area contributed by atoms with E-state index in [9.17, 15) is 0 Å². The number of furan rings is 1. The number of aromatic amines is 1. The third-order valence-corrected chi connectivity index (χ3v) is 5.96. The minimum Gasteiger partial charge on any atom is -0.454 e. The van der Waals surface area contributed by atoms with Crippen molar-refractivity contribution in [1.29, 1.82) is 0 Å². The van der Waals surface area contributed by atoms with Crippen LogP contribution in [0.15, 0.2) is 77.5 Å². The Morgan fingerprint density at radius 2 is 1.87 bits per heavy atom. The Balaban J connectivity index is 1.35. The van der Waals surface area contributed by atoms with Crippen molar-refractivity contribution in [3.8, 4) is 11.5 Å². The molecule has 5 aromatic rings. The second kappa shape index (κ2) is 7.56. The number of H-pyrrole nitrogens is 1. The smallest absolute Gasteiger partial charge is 0.156 e. The summed E-state index contributed by atoms with van der Waals surface area (Å²) < 4.78 is 8.21. The summed E-state index contributed by atoms with van der Waals surface area (Å²) in [5.41, 5.74) is 6.77. The Bertz CT molecular complexity index is 1300. The van der Waals surface area contributed by atoms with E-state index < -0.39 is 0 Å². The largest absolute Gasteiger partial charge is 0.454 e. The van der Waals surface area contributed by atoms with E-state index in [1.807, 2.05) is 35.1 Å². The van der Waals surface area contributed by atoms with Crippen LogP contribution in [0.3, 0.4) is 0 Å². The Morgan fingerprint density at radius 1 is 1.00 bits per heavy atom. The standard InChI is InChI=1S/C25H23N5O/c1-2-6-18(7-3-1)14-30-17-21(16-29-11-10-22-20(15-29)13-26-27-22)25(28-30)24-12-19-8-4-5-9-23(19)31-24/h1-9,12-13,17H,10-11,14-16H2,(H,26,27). The number of rotatable bonds is 5. The van der Waals surface area contributed by atoms with Gasteiger partial charge in [0.25, 0.3) is 0 Å². The Morgan fingerprint density at radius 3 is 2.77 bits per heavy atom. The number of aromatic nitrogens is 4. The number of para-hydroxylation sites is 1. The van der Waals surface area contributed by atoms with Crippen molar-refractivity contribution in [2.45, 2.75) is 26.1 Å². The maximum atomic E-state index is 6.18. The SMILES string of the molecule is c1ccc(Cn2cc(CN3CCc4[nH]ncc4C3)c(-c3cc4ccccc4o3)n2)cc1. The molecule has 0 radical (unpaired) electrons. The lowest BCUT2D eigenvalue weighted by atomic mass is 10.1. The van der Waals surface area contributed by atoms with Crippen LogP contribution in [0.2, 0.25) is 0 Å². The van der Waals surface area contributed by atoms with Gasteiger partial charge in [-0.2, -0.15) is 10.2 Å². The van der Waals surface area contributed by atoms with Gasteiger partial charge in [0.1, 0.15) is 11.3 Å². The maximum absolute atomic E-state index is 6.18. The number of benzene rings is 2. The van der Waals surface area contributed by atoms with Crippen molar-refractivity contribution >= 4 is 11.0 Å². The van der Waals surface area contributed by atoms with Crippen molar-refractivity contribution < 1.29 is 4.42 Å². The van der Waals surface area contributed by atoms with E-state index in [0.717, 1.165) is 55.0 Å². The summed E-state index contributed by atoms with van der Waals surface area (Å²) in [6.45, 7) is 3.46. The summed E-state index contributed by atoms with van der Waals surface area (Å²) in [5.74, 6) is 0.823. The molecule has 0 amide bonds. The molecule has 4 heterocycles. The molecule has 0 bridgehead atoms. The Kier molecular flexibility index (Phi) is 4.43. The maximum Gasteiger partial charge on any atom is 0.156 e. The lowest BCUT2D eigenvalue weighted by molar-refractivity contribution is 0.245. The molecule has 0 saturated carbocycles. The van der Waals surface area contributed by atoms with Gasteiger partial charge in [0.15, 0.2) is 5.76 Å². The zero-order chi connectivity index (χ0) is 20.6. The van der Waals surface area contributed by atoms with E-state index in [1.165, 1.54) is 22.4 Å². The van der Waals surface area contributed by atoms with Crippen molar-refractivity contribution in [2.24, 2.45) is 0 Å². The average molecular weight is 409 g/mol. The molecule has 0 unspecified atom stereocenters. The third kappa shape index (κ3) is 3.55. The number of fused-ring (bicyclic) bond motifs is 2. The zero-order valence-electron chi connectivity index (χ0n) is 17.2. The van der Waals surface area contributed by atoms with Gasteiger partial charge in [-0.3, -0.25) is 14.7 Å². The van der Waals surface area contributed by atoms with Crippen molar-refractivity contribution in [2.75, 3.05) is 6.54 Å². The van der Waals surface area contributed by atoms with Gasteiger partial charge in [-0.05, 0) is 17.7 Å². The Labute approximate surface area is 180 Å². The predicted octanol–water partition coefficient (Wildman–Crippen LogP) is 4.63.